The molecular weight excluding hydrogens is 509 g/mol. The van der Waals surface area contributed by atoms with Gasteiger partial charge in [-0.2, -0.15) is 0 Å². The summed E-state index contributed by atoms with van der Waals surface area (Å²) in [5, 5.41) is 3.35. The zero-order valence-corrected chi connectivity index (χ0v) is 20.3. The average Bonchev–Trinajstić information content (AvgIpc) is 2.73. The van der Waals surface area contributed by atoms with Gasteiger partial charge in [0.2, 0.25) is 15.9 Å². The summed E-state index contributed by atoms with van der Waals surface area (Å²) in [7, 11) is -7.62. The molecule has 1 amide bonds. The minimum atomic E-state index is -3.86. The van der Waals surface area contributed by atoms with E-state index >= 15 is 0 Å². The van der Waals surface area contributed by atoms with E-state index in [-0.39, 0.29) is 10.6 Å². The Balaban J connectivity index is 1.70. The van der Waals surface area contributed by atoms with E-state index in [0.717, 1.165) is 10.6 Å². The van der Waals surface area contributed by atoms with Crippen LogP contribution in [0.3, 0.4) is 0 Å². The monoisotopic (exact) mass is 527 g/mol. The van der Waals surface area contributed by atoms with Crippen LogP contribution in [0.15, 0.2) is 77.7 Å². The first kappa shape index (κ1) is 24.8. The number of carbonyl (C=O) groups is 1. The Morgan fingerprint density at radius 1 is 0.848 bits per heavy atom. The number of hydrogen-bond acceptors (Lipinski definition) is 5. The summed E-state index contributed by atoms with van der Waals surface area (Å²) in [6, 6.07) is 17.7. The van der Waals surface area contributed by atoms with Gasteiger partial charge in [0, 0.05) is 21.4 Å². The van der Waals surface area contributed by atoms with E-state index < -0.39 is 32.5 Å². The van der Waals surface area contributed by atoms with E-state index in [1.54, 1.807) is 24.3 Å². The van der Waals surface area contributed by atoms with Crippen molar-refractivity contribution in [2.75, 3.05) is 27.1 Å². The van der Waals surface area contributed by atoms with Crippen LogP contribution in [-0.4, -0.2) is 35.5 Å². The summed E-state index contributed by atoms with van der Waals surface area (Å²) >= 11 is 11.7. The summed E-state index contributed by atoms with van der Waals surface area (Å²) in [5.74, 6) is -0.615. The molecule has 2 N–H and O–H groups in total. The van der Waals surface area contributed by atoms with Crippen molar-refractivity contribution >= 4 is 66.2 Å². The maximum Gasteiger partial charge on any atom is 0.261 e. The maximum atomic E-state index is 12.5. The highest BCUT2D eigenvalue weighted by Gasteiger charge is 2.21. The van der Waals surface area contributed by atoms with E-state index in [1.165, 1.54) is 48.5 Å². The lowest BCUT2D eigenvalue weighted by atomic mass is 10.3. The molecule has 8 nitrogen and oxygen atoms in total. The molecule has 3 aromatic rings. The molecule has 0 unspecified atom stereocenters. The molecule has 174 valence electrons. The summed E-state index contributed by atoms with van der Waals surface area (Å²) < 4.78 is 52.8. The second-order valence-electron chi connectivity index (χ2n) is 6.93. The fourth-order valence-corrected chi connectivity index (χ4v) is 5.03. The van der Waals surface area contributed by atoms with Crippen molar-refractivity contribution in [3.05, 3.63) is 82.8 Å². The van der Waals surface area contributed by atoms with Gasteiger partial charge in [-0.1, -0.05) is 29.3 Å². The molecule has 0 saturated heterocycles. The fraction of sp³-hybridized carbons (Fsp3) is 0.0952. The number of sulfonamides is 2. The molecule has 0 saturated carbocycles. The molecule has 33 heavy (non-hydrogen) atoms. The number of anilines is 3. The van der Waals surface area contributed by atoms with Gasteiger partial charge < -0.3 is 5.32 Å². The molecule has 0 atom stereocenters. The molecule has 0 aromatic heterocycles. The molecule has 0 radical (unpaired) electrons. The van der Waals surface area contributed by atoms with E-state index in [0.29, 0.717) is 21.4 Å². The second-order valence-corrected chi connectivity index (χ2v) is 11.4. The summed E-state index contributed by atoms with van der Waals surface area (Å²) in [6.07, 6.45) is 0.981. The van der Waals surface area contributed by atoms with E-state index in [9.17, 15) is 21.6 Å². The van der Waals surface area contributed by atoms with Gasteiger partial charge in [0.15, 0.2) is 0 Å². The van der Waals surface area contributed by atoms with Crippen molar-refractivity contribution in [2.24, 2.45) is 0 Å². The smallest absolute Gasteiger partial charge is 0.261 e. The minimum absolute atomic E-state index is 0.0212. The van der Waals surface area contributed by atoms with Crippen LogP contribution in [0, 0.1) is 0 Å². The quantitative estimate of drug-likeness (QED) is 0.455. The van der Waals surface area contributed by atoms with Crippen molar-refractivity contribution in [3.63, 3.8) is 0 Å². The molecule has 0 fully saturated rings. The third-order valence-corrected chi connectivity index (χ3v) is 7.35. The van der Waals surface area contributed by atoms with E-state index in [1.807, 2.05) is 0 Å². The highest BCUT2D eigenvalue weighted by molar-refractivity contribution is 7.92. The van der Waals surface area contributed by atoms with Crippen molar-refractivity contribution < 1.29 is 21.6 Å². The van der Waals surface area contributed by atoms with Crippen molar-refractivity contribution in [1.29, 1.82) is 0 Å². The Kier molecular flexibility index (Phi) is 7.53. The molecule has 0 aliphatic heterocycles. The number of amides is 1. The van der Waals surface area contributed by atoms with Crippen LogP contribution in [0.2, 0.25) is 10.0 Å². The second kappa shape index (κ2) is 10.0. The molecule has 0 heterocycles. The van der Waals surface area contributed by atoms with Crippen LogP contribution in [0.4, 0.5) is 17.1 Å². The number of nitrogens with one attached hydrogen (secondary N) is 2. The van der Waals surface area contributed by atoms with Crippen molar-refractivity contribution in [1.82, 2.24) is 0 Å². The molecular formula is C21H19Cl2N3O5S2. The zero-order chi connectivity index (χ0) is 24.2. The van der Waals surface area contributed by atoms with E-state index in [2.05, 4.69) is 10.0 Å². The van der Waals surface area contributed by atoms with Crippen LogP contribution in [0.25, 0.3) is 0 Å². The Morgan fingerprint density at radius 2 is 1.45 bits per heavy atom. The highest BCUT2D eigenvalue weighted by Crippen LogP contribution is 2.23. The van der Waals surface area contributed by atoms with Gasteiger partial charge in [-0.3, -0.25) is 13.8 Å². The Hall–Kier alpha value is -2.79. The van der Waals surface area contributed by atoms with Crippen molar-refractivity contribution in [2.45, 2.75) is 4.90 Å². The lowest BCUT2D eigenvalue weighted by Crippen LogP contribution is -2.37. The largest absolute Gasteiger partial charge is 0.325 e. The Bertz CT molecular complexity index is 1360. The van der Waals surface area contributed by atoms with Crippen LogP contribution in [-0.2, 0) is 24.8 Å². The number of hydrogen-bond donors (Lipinski definition) is 2. The van der Waals surface area contributed by atoms with Crippen LogP contribution in [0.1, 0.15) is 0 Å². The lowest BCUT2D eigenvalue weighted by Gasteiger charge is -2.22. The predicted octanol–water partition coefficient (Wildman–Crippen LogP) is 4.20. The van der Waals surface area contributed by atoms with Crippen molar-refractivity contribution in [3.8, 4) is 0 Å². The maximum absolute atomic E-state index is 12.5. The van der Waals surface area contributed by atoms with Gasteiger partial charge >= 0.3 is 0 Å². The van der Waals surface area contributed by atoms with Gasteiger partial charge in [0.25, 0.3) is 10.0 Å². The number of rotatable bonds is 8. The van der Waals surface area contributed by atoms with Gasteiger partial charge in [-0.15, -0.1) is 0 Å². The summed E-state index contributed by atoms with van der Waals surface area (Å²) in [6.45, 7) is -0.489. The third-order valence-electron chi connectivity index (χ3n) is 4.33. The van der Waals surface area contributed by atoms with Gasteiger partial charge in [0.1, 0.15) is 6.54 Å². The Labute approximate surface area is 202 Å². The standard InChI is InChI=1S/C21H19Cl2N3O5S2/c1-32(28,29)26(19-4-2-3-16(23)13-19)14-21(27)24-17-9-11-20(12-10-17)33(30,31)25-18-7-5-15(22)6-8-18/h2-13,25H,14H2,1H3,(H,24,27). The average molecular weight is 528 g/mol. The van der Waals surface area contributed by atoms with E-state index in [4.69, 9.17) is 23.2 Å². The first-order valence-electron chi connectivity index (χ1n) is 9.36. The van der Waals surface area contributed by atoms with Crippen LogP contribution >= 0.6 is 23.2 Å². The van der Waals surface area contributed by atoms with Crippen LogP contribution < -0.4 is 14.3 Å². The highest BCUT2D eigenvalue weighted by atomic mass is 35.5. The molecule has 3 aromatic carbocycles. The van der Waals surface area contributed by atoms with Gasteiger partial charge in [0.05, 0.1) is 16.8 Å². The SMILES string of the molecule is CS(=O)(=O)N(CC(=O)Nc1ccc(S(=O)(=O)Nc2ccc(Cl)cc2)cc1)c1cccc(Cl)c1. The summed E-state index contributed by atoms with van der Waals surface area (Å²) in [5.41, 5.74) is 0.888. The molecule has 0 bridgehead atoms. The molecule has 0 spiro atoms. The third kappa shape index (κ3) is 6.84. The fourth-order valence-electron chi connectivity index (χ4n) is 2.81. The predicted molar refractivity (Wildman–Crippen MR) is 131 cm³/mol. The zero-order valence-electron chi connectivity index (χ0n) is 17.2. The minimum Gasteiger partial charge on any atom is -0.325 e. The number of halogens is 2. The van der Waals surface area contributed by atoms with Gasteiger partial charge in [-0.05, 0) is 66.7 Å². The number of nitrogens with zero attached hydrogens (tertiary/aromatic N) is 1. The number of carbonyl (C=O) groups excluding carboxylic acids is 1. The first-order valence-corrected chi connectivity index (χ1v) is 13.4. The summed E-state index contributed by atoms with van der Waals surface area (Å²) in [4.78, 5) is 12.5. The first-order chi connectivity index (χ1) is 15.4. The molecule has 0 aliphatic rings. The topological polar surface area (TPSA) is 113 Å². The number of benzene rings is 3. The molecule has 0 aliphatic carbocycles. The molecule has 3 rings (SSSR count). The normalized spacial score (nSPS) is 11.6. The van der Waals surface area contributed by atoms with Crippen LogP contribution in [0.5, 0.6) is 0 Å². The van der Waals surface area contributed by atoms with Gasteiger partial charge in [-0.25, -0.2) is 16.8 Å². The Morgan fingerprint density at radius 3 is 2.03 bits per heavy atom. The lowest BCUT2D eigenvalue weighted by molar-refractivity contribution is -0.114. The molecule has 12 heteroatoms.